The topological polar surface area (TPSA) is 51.7 Å². The Morgan fingerprint density at radius 3 is 2.85 bits per heavy atom. The maximum Gasteiger partial charge on any atom is 0.248 e. The summed E-state index contributed by atoms with van der Waals surface area (Å²) in [5.41, 5.74) is 2.02. The molecule has 1 amide bonds. The van der Waals surface area contributed by atoms with Gasteiger partial charge in [-0.15, -0.1) is 11.8 Å². The molecule has 0 radical (unpaired) electrons. The van der Waals surface area contributed by atoms with Gasteiger partial charge >= 0.3 is 0 Å². The molecular weight excluding hydrogens is 348 g/mol. The summed E-state index contributed by atoms with van der Waals surface area (Å²) in [7, 11) is 0. The highest BCUT2D eigenvalue weighted by atomic mass is 32.2. The minimum Gasteiger partial charge on any atom is -0.371 e. The first-order chi connectivity index (χ1) is 12.6. The second-order valence-corrected chi connectivity index (χ2v) is 9.36. The molecule has 26 heavy (non-hydrogen) atoms. The van der Waals surface area contributed by atoms with Gasteiger partial charge in [-0.2, -0.15) is 0 Å². The van der Waals surface area contributed by atoms with Crippen LogP contribution in [0, 0.1) is 6.92 Å². The van der Waals surface area contributed by atoms with Gasteiger partial charge in [0.05, 0.1) is 29.3 Å². The van der Waals surface area contributed by atoms with Crippen molar-refractivity contribution < 1.29 is 14.3 Å². The molecular formula is C20H28N2O3S. The number of likely N-dealkylation sites (tertiary alicyclic amines) is 1. The number of hydrogen-bond donors (Lipinski definition) is 0. The van der Waals surface area contributed by atoms with Crippen LogP contribution in [0.4, 0.5) is 0 Å². The van der Waals surface area contributed by atoms with E-state index < -0.39 is 0 Å². The molecule has 3 fully saturated rings. The summed E-state index contributed by atoms with van der Waals surface area (Å²) in [4.78, 5) is 18.7. The SMILES string of the molecule is Cc1cccc(CO[C@@H]2CSC3(C2)CN(C(=O)COC2CCCC2)C3)n1. The minimum atomic E-state index is 0.149. The van der Waals surface area contributed by atoms with Crippen LogP contribution in [0.25, 0.3) is 0 Å². The van der Waals surface area contributed by atoms with E-state index in [0.717, 1.165) is 49.5 Å². The van der Waals surface area contributed by atoms with Crippen LogP contribution >= 0.6 is 11.8 Å². The lowest BCUT2D eigenvalue weighted by Crippen LogP contribution is -2.61. The number of aromatic nitrogens is 1. The molecule has 3 aliphatic rings. The van der Waals surface area contributed by atoms with Crippen molar-refractivity contribution in [3.05, 3.63) is 29.6 Å². The lowest BCUT2D eigenvalue weighted by atomic mass is 9.93. The first-order valence-electron chi connectivity index (χ1n) is 9.69. The molecule has 2 aliphatic heterocycles. The average molecular weight is 377 g/mol. The second-order valence-electron chi connectivity index (χ2n) is 7.87. The van der Waals surface area contributed by atoms with E-state index in [2.05, 4.69) is 4.98 Å². The molecule has 0 unspecified atom stereocenters. The predicted molar refractivity (Wildman–Crippen MR) is 102 cm³/mol. The molecule has 0 aromatic carbocycles. The molecule has 3 heterocycles. The molecule has 2 saturated heterocycles. The van der Waals surface area contributed by atoms with Crippen LogP contribution in [0.5, 0.6) is 0 Å². The Kier molecular flexibility index (Phi) is 5.53. The third-order valence-electron chi connectivity index (χ3n) is 5.64. The molecule has 1 aliphatic carbocycles. The number of carbonyl (C=O) groups is 1. The number of carbonyl (C=O) groups excluding carboxylic acids is 1. The number of amides is 1. The van der Waals surface area contributed by atoms with Gasteiger partial charge in [0.1, 0.15) is 6.61 Å². The van der Waals surface area contributed by atoms with Crippen molar-refractivity contribution in [2.45, 2.75) is 62.6 Å². The third-order valence-corrected chi connectivity index (χ3v) is 7.22. The highest BCUT2D eigenvalue weighted by Crippen LogP contribution is 2.46. The molecule has 1 aromatic rings. The molecule has 0 N–H and O–H groups in total. The van der Waals surface area contributed by atoms with Gasteiger partial charge in [-0.05, 0) is 38.3 Å². The summed E-state index contributed by atoms with van der Waals surface area (Å²) in [6, 6.07) is 6.04. The van der Waals surface area contributed by atoms with Gasteiger partial charge in [-0.25, -0.2) is 0 Å². The summed E-state index contributed by atoms with van der Waals surface area (Å²) < 4.78 is 12.0. The van der Waals surface area contributed by atoms with Gasteiger partial charge < -0.3 is 14.4 Å². The average Bonchev–Trinajstić information content (AvgIpc) is 3.26. The number of thioether (sulfide) groups is 1. The van der Waals surface area contributed by atoms with Crippen LogP contribution in [0.15, 0.2) is 18.2 Å². The lowest BCUT2D eigenvalue weighted by molar-refractivity contribution is -0.143. The van der Waals surface area contributed by atoms with Crippen molar-refractivity contribution in [3.63, 3.8) is 0 Å². The van der Waals surface area contributed by atoms with Crippen LogP contribution in [0.2, 0.25) is 0 Å². The van der Waals surface area contributed by atoms with Gasteiger partial charge in [0.15, 0.2) is 0 Å². The minimum absolute atomic E-state index is 0.149. The van der Waals surface area contributed by atoms with Crippen LogP contribution in [0.3, 0.4) is 0 Å². The number of ether oxygens (including phenoxy) is 2. The lowest BCUT2D eigenvalue weighted by Gasteiger charge is -2.47. The summed E-state index contributed by atoms with van der Waals surface area (Å²) in [6.45, 7) is 4.51. The van der Waals surface area contributed by atoms with Gasteiger partial charge in [0, 0.05) is 24.5 Å². The number of nitrogens with zero attached hydrogens (tertiary/aromatic N) is 2. The largest absolute Gasteiger partial charge is 0.371 e. The number of rotatable bonds is 6. The van der Waals surface area contributed by atoms with E-state index >= 15 is 0 Å². The van der Waals surface area contributed by atoms with Crippen molar-refractivity contribution in [1.29, 1.82) is 0 Å². The highest BCUT2D eigenvalue weighted by molar-refractivity contribution is 8.01. The summed E-state index contributed by atoms with van der Waals surface area (Å²) in [5.74, 6) is 1.16. The molecule has 5 nitrogen and oxygen atoms in total. The number of pyridine rings is 1. The van der Waals surface area contributed by atoms with Crippen molar-refractivity contribution in [3.8, 4) is 0 Å². The summed E-state index contributed by atoms with van der Waals surface area (Å²) >= 11 is 1.96. The maximum absolute atomic E-state index is 12.3. The molecule has 1 saturated carbocycles. The molecule has 1 spiro atoms. The first-order valence-corrected chi connectivity index (χ1v) is 10.7. The Labute approximate surface area is 159 Å². The number of aryl methyl sites for hydroxylation is 1. The van der Waals surface area contributed by atoms with Crippen LogP contribution in [-0.4, -0.2) is 58.2 Å². The smallest absolute Gasteiger partial charge is 0.248 e. The number of hydrogen-bond acceptors (Lipinski definition) is 5. The zero-order valence-corrected chi connectivity index (χ0v) is 16.3. The molecule has 0 bridgehead atoms. The molecule has 142 valence electrons. The van der Waals surface area contributed by atoms with Gasteiger partial charge in [-0.3, -0.25) is 9.78 Å². The Morgan fingerprint density at radius 2 is 2.08 bits per heavy atom. The van der Waals surface area contributed by atoms with E-state index in [9.17, 15) is 4.79 Å². The van der Waals surface area contributed by atoms with Crippen molar-refractivity contribution in [1.82, 2.24) is 9.88 Å². The van der Waals surface area contributed by atoms with E-state index in [1.807, 2.05) is 41.8 Å². The molecule has 4 rings (SSSR count). The standard InChI is InChI=1S/C20H28N2O3S/c1-15-5-4-6-16(21-15)10-24-18-9-20(26-12-18)13-22(14-20)19(23)11-25-17-7-2-3-8-17/h4-6,17-18H,2-3,7-14H2,1H3/t18-/m0/s1. The highest BCUT2D eigenvalue weighted by Gasteiger charge is 2.50. The van der Waals surface area contributed by atoms with E-state index in [4.69, 9.17) is 9.47 Å². The Bertz CT molecular complexity index is 642. The van der Waals surface area contributed by atoms with Crippen LogP contribution in [-0.2, 0) is 20.9 Å². The Morgan fingerprint density at radius 1 is 1.27 bits per heavy atom. The third kappa shape index (κ3) is 4.24. The van der Waals surface area contributed by atoms with Crippen molar-refractivity contribution in [2.75, 3.05) is 25.4 Å². The monoisotopic (exact) mass is 376 g/mol. The van der Waals surface area contributed by atoms with Crippen LogP contribution < -0.4 is 0 Å². The predicted octanol–water partition coefficient (Wildman–Crippen LogP) is 2.95. The zero-order valence-electron chi connectivity index (χ0n) is 15.5. The quantitative estimate of drug-likeness (QED) is 0.764. The van der Waals surface area contributed by atoms with Crippen molar-refractivity contribution in [2.24, 2.45) is 0 Å². The fourth-order valence-electron chi connectivity index (χ4n) is 4.17. The second kappa shape index (κ2) is 7.87. The normalized spacial score (nSPS) is 25.0. The van der Waals surface area contributed by atoms with Gasteiger partial charge in [0.25, 0.3) is 0 Å². The summed E-state index contributed by atoms with van der Waals surface area (Å²) in [6.07, 6.45) is 6.29. The van der Waals surface area contributed by atoms with Gasteiger partial charge in [-0.1, -0.05) is 18.9 Å². The van der Waals surface area contributed by atoms with Crippen LogP contribution in [0.1, 0.15) is 43.5 Å². The van der Waals surface area contributed by atoms with E-state index in [0.29, 0.717) is 12.7 Å². The Balaban J connectivity index is 1.18. The maximum atomic E-state index is 12.3. The zero-order chi connectivity index (χ0) is 18.0. The first kappa shape index (κ1) is 18.3. The van der Waals surface area contributed by atoms with E-state index in [1.165, 1.54) is 12.8 Å². The van der Waals surface area contributed by atoms with Gasteiger partial charge in [0.2, 0.25) is 5.91 Å². The van der Waals surface area contributed by atoms with E-state index in [-0.39, 0.29) is 23.4 Å². The molecule has 6 heteroatoms. The molecule has 1 aromatic heterocycles. The Hall–Kier alpha value is -1.11. The molecule has 1 atom stereocenters. The fraction of sp³-hybridized carbons (Fsp3) is 0.700. The van der Waals surface area contributed by atoms with Crippen molar-refractivity contribution >= 4 is 17.7 Å². The fourth-order valence-corrected chi connectivity index (χ4v) is 5.73. The van der Waals surface area contributed by atoms with E-state index in [1.54, 1.807) is 0 Å². The summed E-state index contributed by atoms with van der Waals surface area (Å²) in [5, 5.41) is 0.